The summed E-state index contributed by atoms with van der Waals surface area (Å²) in [4.78, 5) is 19.0. The Morgan fingerprint density at radius 3 is 2.62 bits per heavy atom. The predicted octanol–water partition coefficient (Wildman–Crippen LogP) is 2.92. The van der Waals surface area contributed by atoms with Crippen molar-refractivity contribution in [3.8, 4) is 0 Å². The molecule has 0 bridgehead atoms. The highest BCUT2D eigenvalue weighted by molar-refractivity contribution is 5.94. The zero-order chi connectivity index (χ0) is 16.9. The zero-order valence-electron chi connectivity index (χ0n) is 14.5. The standard InChI is InChI=1S/C20H25N3O/c1-15-12-19(13-16(2)22-15)20(24)21-9-11-23-10-8-18(14-23)17-6-4-3-5-7-17/h3-7,12-13,18H,8-11,14H2,1-2H3,(H,21,24)/t18-/m1/s1. The lowest BCUT2D eigenvalue weighted by Crippen LogP contribution is -2.33. The average molecular weight is 323 g/mol. The molecule has 1 aromatic carbocycles. The number of carbonyl (C=O) groups excluding carboxylic acids is 1. The largest absolute Gasteiger partial charge is 0.351 e. The number of aryl methyl sites for hydroxylation is 2. The van der Waals surface area contributed by atoms with Gasteiger partial charge in [0, 0.05) is 36.6 Å². The van der Waals surface area contributed by atoms with Crippen LogP contribution in [-0.2, 0) is 0 Å². The Morgan fingerprint density at radius 1 is 1.21 bits per heavy atom. The van der Waals surface area contributed by atoms with Gasteiger partial charge in [0.25, 0.3) is 5.91 Å². The molecule has 4 nitrogen and oxygen atoms in total. The summed E-state index contributed by atoms with van der Waals surface area (Å²) in [5.41, 5.74) is 3.88. The second kappa shape index (κ2) is 7.58. The molecule has 0 saturated carbocycles. The molecule has 1 aromatic heterocycles. The van der Waals surface area contributed by atoms with E-state index in [9.17, 15) is 4.79 Å². The molecule has 24 heavy (non-hydrogen) atoms. The van der Waals surface area contributed by atoms with Crippen molar-refractivity contribution in [3.63, 3.8) is 0 Å². The predicted molar refractivity (Wildman–Crippen MR) is 96.3 cm³/mol. The van der Waals surface area contributed by atoms with Gasteiger partial charge in [-0.25, -0.2) is 0 Å². The SMILES string of the molecule is Cc1cc(C(=O)NCCN2CC[C@@H](c3ccccc3)C2)cc(C)n1. The van der Waals surface area contributed by atoms with Gasteiger partial charge in [-0.05, 0) is 50.4 Å². The maximum Gasteiger partial charge on any atom is 0.251 e. The molecule has 126 valence electrons. The molecule has 0 spiro atoms. The number of nitrogens with zero attached hydrogens (tertiary/aromatic N) is 2. The molecule has 4 heteroatoms. The van der Waals surface area contributed by atoms with E-state index in [0.29, 0.717) is 18.0 Å². The third-order valence-corrected chi connectivity index (χ3v) is 4.60. The summed E-state index contributed by atoms with van der Waals surface area (Å²) in [6, 6.07) is 14.4. The average Bonchev–Trinajstić information content (AvgIpc) is 3.03. The van der Waals surface area contributed by atoms with Crippen molar-refractivity contribution >= 4 is 5.91 Å². The lowest BCUT2D eigenvalue weighted by atomic mass is 9.99. The van der Waals surface area contributed by atoms with E-state index >= 15 is 0 Å². The number of pyridine rings is 1. The van der Waals surface area contributed by atoms with E-state index in [-0.39, 0.29) is 5.91 Å². The van der Waals surface area contributed by atoms with Crippen LogP contribution in [0.5, 0.6) is 0 Å². The van der Waals surface area contributed by atoms with Crippen molar-refractivity contribution in [1.82, 2.24) is 15.2 Å². The number of hydrogen-bond acceptors (Lipinski definition) is 3. The summed E-state index contributed by atoms with van der Waals surface area (Å²) in [5.74, 6) is 0.606. The quantitative estimate of drug-likeness (QED) is 0.920. The van der Waals surface area contributed by atoms with Crippen LogP contribution < -0.4 is 5.32 Å². The molecule has 1 saturated heterocycles. The second-order valence-electron chi connectivity index (χ2n) is 6.59. The van der Waals surface area contributed by atoms with E-state index < -0.39 is 0 Å². The highest BCUT2D eigenvalue weighted by Crippen LogP contribution is 2.26. The lowest BCUT2D eigenvalue weighted by Gasteiger charge is -2.16. The number of nitrogens with one attached hydrogen (secondary N) is 1. The molecule has 2 aromatic rings. The van der Waals surface area contributed by atoms with E-state index in [1.54, 1.807) is 0 Å². The second-order valence-corrected chi connectivity index (χ2v) is 6.59. The van der Waals surface area contributed by atoms with Crippen LogP contribution >= 0.6 is 0 Å². The summed E-state index contributed by atoms with van der Waals surface area (Å²) in [5, 5.41) is 3.03. The molecule has 1 N–H and O–H groups in total. The Bertz CT molecular complexity index is 679. The van der Waals surface area contributed by atoms with Crippen LogP contribution in [0.25, 0.3) is 0 Å². The van der Waals surface area contributed by atoms with Crippen molar-refractivity contribution in [2.24, 2.45) is 0 Å². The Labute approximate surface area is 143 Å². The summed E-state index contributed by atoms with van der Waals surface area (Å²) in [7, 11) is 0. The number of rotatable bonds is 5. The summed E-state index contributed by atoms with van der Waals surface area (Å²) >= 11 is 0. The Morgan fingerprint density at radius 2 is 1.92 bits per heavy atom. The Hall–Kier alpha value is -2.20. The summed E-state index contributed by atoms with van der Waals surface area (Å²) < 4.78 is 0. The monoisotopic (exact) mass is 323 g/mol. The number of benzene rings is 1. The minimum atomic E-state index is -0.0117. The number of carbonyl (C=O) groups is 1. The molecule has 0 aliphatic carbocycles. The van der Waals surface area contributed by atoms with Gasteiger partial charge >= 0.3 is 0 Å². The molecule has 1 fully saturated rings. The van der Waals surface area contributed by atoms with Crippen LogP contribution in [0, 0.1) is 13.8 Å². The third-order valence-electron chi connectivity index (χ3n) is 4.60. The topological polar surface area (TPSA) is 45.2 Å². The first-order valence-corrected chi connectivity index (χ1v) is 8.62. The van der Waals surface area contributed by atoms with Crippen molar-refractivity contribution in [2.75, 3.05) is 26.2 Å². The van der Waals surface area contributed by atoms with Crippen molar-refractivity contribution in [2.45, 2.75) is 26.2 Å². The maximum absolute atomic E-state index is 12.3. The first-order chi connectivity index (χ1) is 11.6. The fourth-order valence-corrected chi connectivity index (χ4v) is 3.43. The molecule has 3 rings (SSSR count). The van der Waals surface area contributed by atoms with Gasteiger partial charge in [0.1, 0.15) is 0 Å². The number of hydrogen-bond donors (Lipinski definition) is 1. The highest BCUT2D eigenvalue weighted by atomic mass is 16.1. The van der Waals surface area contributed by atoms with Gasteiger partial charge < -0.3 is 10.2 Å². The van der Waals surface area contributed by atoms with Crippen LogP contribution in [-0.4, -0.2) is 42.0 Å². The molecule has 0 radical (unpaired) electrons. The van der Waals surface area contributed by atoms with Crippen molar-refractivity contribution in [1.29, 1.82) is 0 Å². The van der Waals surface area contributed by atoms with Crippen LogP contribution in [0.15, 0.2) is 42.5 Å². The normalized spacial score (nSPS) is 17.8. The molecule has 0 unspecified atom stereocenters. The number of aromatic nitrogens is 1. The first-order valence-electron chi connectivity index (χ1n) is 8.62. The van der Waals surface area contributed by atoms with Gasteiger partial charge in [-0.15, -0.1) is 0 Å². The Balaban J connectivity index is 1.46. The number of likely N-dealkylation sites (tertiary alicyclic amines) is 1. The number of amides is 1. The van der Waals surface area contributed by atoms with Crippen LogP contribution in [0.3, 0.4) is 0 Å². The Kier molecular flexibility index (Phi) is 5.26. The third kappa shape index (κ3) is 4.20. The van der Waals surface area contributed by atoms with Crippen LogP contribution in [0.4, 0.5) is 0 Å². The smallest absolute Gasteiger partial charge is 0.251 e. The van der Waals surface area contributed by atoms with E-state index in [1.165, 1.54) is 12.0 Å². The summed E-state index contributed by atoms with van der Waals surface area (Å²) in [6.07, 6.45) is 1.20. The minimum absolute atomic E-state index is 0.0117. The maximum atomic E-state index is 12.3. The molecule has 1 aliphatic rings. The fraction of sp³-hybridized carbons (Fsp3) is 0.400. The van der Waals surface area contributed by atoms with E-state index in [0.717, 1.165) is 31.0 Å². The lowest BCUT2D eigenvalue weighted by molar-refractivity contribution is 0.0949. The van der Waals surface area contributed by atoms with Crippen LogP contribution in [0.2, 0.25) is 0 Å². The highest BCUT2D eigenvalue weighted by Gasteiger charge is 2.23. The van der Waals surface area contributed by atoms with E-state index in [1.807, 2.05) is 26.0 Å². The first kappa shape index (κ1) is 16.7. The molecular weight excluding hydrogens is 298 g/mol. The van der Waals surface area contributed by atoms with Crippen LogP contribution in [0.1, 0.15) is 39.6 Å². The minimum Gasteiger partial charge on any atom is -0.351 e. The van der Waals surface area contributed by atoms with Gasteiger partial charge in [0.15, 0.2) is 0 Å². The molecular formula is C20H25N3O. The zero-order valence-corrected chi connectivity index (χ0v) is 14.5. The van der Waals surface area contributed by atoms with Crippen molar-refractivity contribution in [3.05, 3.63) is 65.0 Å². The van der Waals surface area contributed by atoms with Gasteiger partial charge in [0.05, 0.1) is 0 Å². The van der Waals surface area contributed by atoms with Crippen molar-refractivity contribution < 1.29 is 4.79 Å². The van der Waals surface area contributed by atoms with E-state index in [4.69, 9.17) is 0 Å². The van der Waals surface area contributed by atoms with Gasteiger partial charge in [-0.2, -0.15) is 0 Å². The van der Waals surface area contributed by atoms with Gasteiger partial charge in [-0.1, -0.05) is 30.3 Å². The van der Waals surface area contributed by atoms with Gasteiger partial charge in [-0.3, -0.25) is 9.78 Å². The molecule has 1 amide bonds. The summed E-state index contributed by atoms with van der Waals surface area (Å²) in [6.45, 7) is 7.59. The van der Waals surface area contributed by atoms with Gasteiger partial charge in [0.2, 0.25) is 0 Å². The molecule has 2 heterocycles. The fourth-order valence-electron chi connectivity index (χ4n) is 3.43. The molecule has 1 atom stereocenters. The van der Waals surface area contributed by atoms with E-state index in [2.05, 4.69) is 45.5 Å². The molecule has 1 aliphatic heterocycles.